The van der Waals surface area contributed by atoms with E-state index in [9.17, 15) is 10.5 Å². The SMILES string of the molecule is N#Cc1cc(-n2c3ccc(-n4c5ccccc5c5ccccc54)cc3c3c4ccccc4ccc32)cc(C#N)c1-n1c2ccccc2c2cc(-n3c4ccccc4c4ccccc43)ccc21. The van der Waals surface area contributed by atoms with Gasteiger partial charge in [0.2, 0.25) is 0 Å². The van der Waals surface area contributed by atoms with E-state index in [1.54, 1.807) is 0 Å². The zero-order chi connectivity index (χ0) is 43.6. The van der Waals surface area contributed by atoms with Gasteiger partial charge in [0.05, 0.1) is 60.9 Å². The number of fused-ring (bicyclic) bond motifs is 14. The first-order chi connectivity index (χ1) is 32.7. The highest BCUT2D eigenvalue weighted by Crippen LogP contribution is 2.42. The molecule has 0 fully saturated rings. The van der Waals surface area contributed by atoms with Crippen LogP contribution in [0.2, 0.25) is 0 Å². The molecule has 0 saturated carbocycles. The third-order valence-electron chi connectivity index (χ3n) is 13.8. The van der Waals surface area contributed by atoms with Crippen LogP contribution in [0.5, 0.6) is 0 Å². The molecule has 0 saturated heterocycles. The molecule has 0 aliphatic rings. The fourth-order valence-corrected chi connectivity index (χ4v) is 11.1. The topological polar surface area (TPSA) is 67.3 Å². The van der Waals surface area contributed by atoms with Crippen molar-refractivity contribution in [2.24, 2.45) is 0 Å². The summed E-state index contributed by atoms with van der Waals surface area (Å²) in [7, 11) is 0. The maximum Gasteiger partial charge on any atom is 0.101 e. The summed E-state index contributed by atoms with van der Waals surface area (Å²) in [5.41, 5.74) is 12.6. The molecule has 4 aromatic heterocycles. The minimum Gasteiger partial charge on any atom is -0.309 e. The smallest absolute Gasteiger partial charge is 0.101 e. The molecule has 14 aromatic rings. The molecule has 0 aliphatic carbocycles. The number of nitrogens with zero attached hydrogens (tertiary/aromatic N) is 6. The maximum absolute atomic E-state index is 11.2. The predicted octanol–water partition coefficient (Wildman–Crippen LogP) is 15.0. The summed E-state index contributed by atoms with van der Waals surface area (Å²) in [6, 6.07) is 77.6. The standard InChI is InChI=1S/C60H34N6/c61-35-38-31-42(65-57-30-27-41(34-50(57)59-43-14-2-1-13-37(43)25-28-58(59)65)64-53-22-10-5-17-46(53)47-18-6-11-23-54(47)64)32-39(36-62)60(38)66-55-24-12-7-19-48(55)49-33-40(26-29-56(49)66)63-51-20-8-3-15-44(51)45-16-4-9-21-52(45)63/h1-34H. The molecule has 0 aliphatic heterocycles. The van der Waals surface area contributed by atoms with Gasteiger partial charge < -0.3 is 18.3 Å². The second-order valence-electron chi connectivity index (χ2n) is 17.1. The second kappa shape index (κ2) is 13.6. The molecule has 0 unspecified atom stereocenters. The van der Waals surface area contributed by atoms with E-state index in [4.69, 9.17) is 0 Å². The molecule has 0 spiro atoms. The molecule has 0 N–H and O–H groups in total. The number of nitriles is 2. The van der Waals surface area contributed by atoms with Gasteiger partial charge in [0.1, 0.15) is 12.1 Å². The van der Waals surface area contributed by atoms with Crippen LogP contribution in [0.15, 0.2) is 206 Å². The van der Waals surface area contributed by atoms with Gasteiger partial charge in [-0.2, -0.15) is 10.5 Å². The van der Waals surface area contributed by atoms with Crippen molar-refractivity contribution < 1.29 is 0 Å². The van der Waals surface area contributed by atoms with Crippen LogP contribution < -0.4 is 0 Å². The molecular weight excluding hydrogens is 805 g/mol. The van der Waals surface area contributed by atoms with E-state index in [-0.39, 0.29) is 0 Å². The second-order valence-corrected chi connectivity index (χ2v) is 17.1. The first kappa shape index (κ1) is 36.2. The molecule has 66 heavy (non-hydrogen) atoms. The molecule has 0 bridgehead atoms. The lowest BCUT2D eigenvalue weighted by molar-refractivity contribution is 1.12. The van der Waals surface area contributed by atoms with Crippen molar-refractivity contribution >= 4 is 98.0 Å². The van der Waals surface area contributed by atoms with Gasteiger partial charge in [-0.1, -0.05) is 121 Å². The Morgan fingerprint density at radius 1 is 0.273 bits per heavy atom. The van der Waals surface area contributed by atoms with Crippen LogP contribution in [-0.4, -0.2) is 18.3 Å². The summed E-state index contributed by atoms with van der Waals surface area (Å²) >= 11 is 0. The Kier molecular flexibility index (Phi) is 7.43. The van der Waals surface area contributed by atoms with Gasteiger partial charge in [0, 0.05) is 60.2 Å². The largest absolute Gasteiger partial charge is 0.309 e. The fraction of sp³-hybridized carbons (Fsp3) is 0. The Labute approximate surface area is 377 Å². The number of aromatic nitrogens is 4. The number of rotatable bonds is 4. The molecule has 304 valence electrons. The van der Waals surface area contributed by atoms with Crippen molar-refractivity contribution in [2.45, 2.75) is 0 Å². The molecule has 4 heterocycles. The average Bonchev–Trinajstić information content (AvgIpc) is 4.10. The van der Waals surface area contributed by atoms with E-state index in [1.165, 1.54) is 21.5 Å². The van der Waals surface area contributed by atoms with Crippen LogP contribution in [0.3, 0.4) is 0 Å². The van der Waals surface area contributed by atoms with Gasteiger partial charge in [-0.15, -0.1) is 0 Å². The van der Waals surface area contributed by atoms with Gasteiger partial charge >= 0.3 is 0 Å². The maximum atomic E-state index is 11.2. The predicted molar refractivity (Wildman–Crippen MR) is 271 cm³/mol. The van der Waals surface area contributed by atoms with Crippen LogP contribution in [0.4, 0.5) is 0 Å². The first-order valence-electron chi connectivity index (χ1n) is 22.1. The molecule has 6 heteroatoms. The van der Waals surface area contributed by atoms with Crippen molar-refractivity contribution in [3.8, 4) is 34.9 Å². The van der Waals surface area contributed by atoms with Gasteiger partial charge in [-0.25, -0.2) is 0 Å². The quantitative estimate of drug-likeness (QED) is 0.177. The van der Waals surface area contributed by atoms with Gasteiger partial charge in [-0.3, -0.25) is 0 Å². The minimum atomic E-state index is 0.413. The molecular formula is C60H34N6. The summed E-state index contributed by atoms with van der Waals surface area (Å²) in [4.78, 5) is 0. The monoisotopic (exact) mass is 838 g/mol. The zero-order valence-electron chi connectivity index (χ0n) is 35.3. The number of para-hydroxylation sites is 5. The van der Waals surface area contributed by atoms with Crippen LogP contribution in [-0.2, 0) is 0 Å². The van der Waals surface area contributed by atoms with E-state index < -0.39 is 0 Å². The zero-order valence-corrected chi connectivity index (χ0v) is 35.3. The fourth-order valence-electron chi connectivity index (χ4n) is 11.1. The molecule has 6 nitrogen and oxygen atoms in total. The number of benzene rings is 10. The molecule has 10 aromatic carbocycles. The van der Waals surface area contributed by atoms with Crippen molar-refractivity contribution in [2.75, 3.05) is 0 Å². The van der Waals surface area contributed by atoms with E-state index in [1.807, 2.05) is 18.2 Å². The summed E-state index contributed by atoms with van der Waals surface area (Å²) in [5, 5.41) is 33.7. The third-order valence-corrected chi connectivity index (χ3v) is 13.8. The van der Waals surface area contributed by atoms with Gasteiger partial charge in [0.25, 0.3) is 0 Å². The van der Waals surface area contributed by atoms with Crippen LogP contribution >= 0.6 is 0 Å². The summed E-state index contributed by atoms with van der Waals surface area (Å²) in [6.45, 7) is 0. The van der Waals surface area contributed by atoms with E-state index in [0.717, 1.165) is 93.5 Å². The van der Waals surface area contributed by atoms with Crippen molar-refractivity contribution in [3.05, 3.63) is 217 Å². The first-order valence-corrected chi connectivity index (χ1v) is 22.1. The van der Waals surface area contributed by atoms with Crippen LogP contribution in [0.1, 0.15) is 11.1 Å². The van der Waals surface area contributed by atoms with Gasteiger partial charge in [-0.05, 0) is 95.7 Å². The lowest BCUT2D eigenvalue weighted by Crippen LogP contribution is -2.04. The van der Waals surface area contributed by atoms with Crippen molar-refractivity contribution in [3.63, 3.8) is 0 Å². The highest BCUT2D eigenvalue weighted by molar-refractivity contribution is 6.22. The van der Waals surface area contributed by atoms with Gasteiger partial charge in [0.15, 0.2) is 0 Å². The van der Waals surface area contributed by atoms with Crippen molar-refractivity contribution in [1.29, 1.82) is 10.5 Å². The average molecular weight is 839 g/mol. The lowest BCUT2D eigenvalue weighted by atomic mass is 10.0. The number of hydrogen-bond donors (Lipinski definition) is 0. The van der Waals surface area contributed by atoms with Crippen molar-refractivity contribution in [1.82, 2.24) is 18.3 Å². The summed E-state index contributed by atoms with van der Waals surface area (Å²) < 4.78 is 9.01. The Bertz CT molecular complexity index is 4360. The van der Waals surface area contributed by atoms with E-state index in [2.05, 4.69) is 218 Å². The molecule has 0 radical (unpaired) electrons. The van der Waals surface area contributed by atoms with Crippen LogP contribution in [0.25, 0.3) is 121 Å². The lowest BCUT2D eigenvalue weighted by Gasteiger charge is -2.16. The third kappa shape index (κ3) is 4.87. The highest BCUT2D eigenvalue weighted by atomic mass is 15.0. The normalized spacial score (nSPS) is 11.9. The molecule has 0 amide bonds. The highest BCUT2D eigenvalue weighted by Gasteiger charge is 2.24. The Balaban J connectivity index is 1.01. The Hall–Kier alpha value is -9.36. The van der Waals surface area contributed by atoms with Crippen LogP contribution in [0, 0.1) is 22.7 Å². The van der Waals surface area contributed by atoms with E-state index >= 15 is 0 Å². The Morgan fingerprint density at radius 3 is 1.14 bits per heavy atom. The molecule has 0 atom stereocenters. The number of hydrogen-bond acceptors (Lipinski definition) is 2. The summed E-state index contributed by atoms with van der Waals surface area (Å²) in [5.74, 6) is 0. The summed E-state index contributed by atoms with van der Waals surface area (Å²) in [6.07, 6.45) is 0. The molecule has 14 rings (SSSR count). The minimum absolute atomic E-state index is 0.413. The Morgan fingerprint density at radius 2 is 0.636 bits per heavy atom. The van der Waals surface area contributed by atoms with E-state index in [0.29, 0.717) is 16.8 Å².